The van der Waals surface area contributed by atoms with Crippen molar-refractivity contribution >= 4 is 16.5 Å². The number of benzene rings is 1. The first-order chi connectivity index (χ1) is 7.36. The summed E-state index contributed by atoms with van der Waals surface area (Å²) in [6.07, 6.45) is 1.08. The number of para-hydroxylation sites is 1. The quantitative estimate of drug-likeness (QED) is 0.668. The summed E-state index contributed by atoms with van der Waals surface area (Å²) >= 11 is 0. The van der Waals surface area contributed by atoms with E-state index in [4.69, 9.17) is 0 Å². The van der Waals surface area contributed by atoms with E-state index in [-0.39, 0.29) is 0 Å². The lowest BCUT2D eigenvalue weighted by Gasteiger charge is -2.00. The summed E-state index contributed by atoms with van der Waals surface area (Å²) in [4.78, 5) is 3.47. The average molecular weight is 198 g/mol. The van der Waals surface area contributed by atoms with Crippen molar-refractivity contribution in [1.82, 2.24) is 10.3 Å². The van der Waals surface area contributed by atoms with Gasteiger partial charge in [-0.1, -0.05) is 24.8 Å². The second-order valence-electron chi connectivity index (χ2n) is 4.05. The smallest absolute Gasteiger partial charge is 0.0463 e. The number of nitrogens with one attached hydrogen (secondary N) is 2. The molecule has 15 heavy (non-hydrogen) atoms. The largest absolute Gasteiger partial charge is 0.355 e. The van der Waals surface area contributed by atoms with E-state index in [0.717, 1.165) is 19.5 Å². The number of H-pyrrole nitrogens is 1. The number of rotatable bonds is 0. The Morgan fingerprint density at radius 3 is 3.00 bits per heavy atom. The molecule has 1 aromatic heterocycles. The second kappa shape index (κ2) is 3.24. The predicted octanol–water partition coefficient (Wildman–Crippen LogP) is 2.33. The third kappa shape index (κ3) is 1.29. The lowest BCUT2D eigenvalue weighted by Crippen LogP contribution is -2.15. The second-order valence-corrected chi connectivity index (χ2v) is 4.05. The lowest BCUT2D eigenvalue weighted by molar-refractivity contribution is 0.768. The Kier molecular flexibility index (Phi) is 1.89. The Morgan fingerprint density at radius 1 is 1.20 bits per heavy atom. The van der Waals surface area contributed by atoms with E-state index < -0.39 is 0 Å². The zero-order valence-corrected chi connectivity index (χ0v) is 8.64. The first kappa shape index (κ1) is 8.74. The van der Waals surface area contributed by atoms with Crippen molar-refractivity contribution in [2.24, 2.45) is 0 Å². The van der Waals surface area contributed by atoms with E-state index in [9.17, 15) is 0 Å². The van der Waals surface area contributed by atoms with Gasteiger partial charge >= 0.3 is 0 Å². The summed E-state index contributed by atoms with van der Waals surface area (Å²) in [5, 5.41) is 4.72. The van der Waals surface area contributed by atoms with Crippen LogP contribution in [0.1, 0.15) is 11.3 Å². The summed E-state index contributed by atoms with van der Waals surface area (Å²) in [7, 11) is 0. The highest BCUT2D eigenvalue weighted by atomic mass is 14.9. The number of hydrogen-bond acceptors (Lipinski definition) is 1. The van der Waals surface area contributed by atoms with Crippen LogP contribution in [0.25, 0.3) is 16.5 Å². The van der Waals surface area contributed by atoms with E-state index in [1.165, 1.54) is 27.7 Å². The van der Waals surface area contributed by atoms with Crippen LogP contribution in [0.5, 0.6) is 0 Å². The van der Waals surface area contributed by atoms with Gasteiger partial charge in [0, 0.05) is 23.1 Å². The van der Waals surface area contributed by atoms with E-state index in [0.29, 0.717) is 0 Å². The molecule has 2 aromatic rings. The zero-order chi connectivity index (χ0) is 10.3. The van der Waals surface area contributed by atoms with Crippen molar-refractivity contribution in [3.05, 3.63) is 42.1 Å². The van der Waals surface area contributed by atoms with Gasteiger partial charge in [0.15, 0.2) is 0 Å². The van der Waals surface area contributed by atoms with Gasteiger partial charge in [-0.2, -0.15) is 0 Å². The Bertz CT molecular complexity index is 522. The minimum absolute atomic E-state index is 0.889. The van der Waals surface area contributed by atoms with E-state index in [2.05, 4.69) is 41.1 Å². The maximum absolute atomic E-state index is 4.12. The van der Waals surface area contributed by atoms with Crippen LogP contribution >= 0.6 is 0 Å². The van der Waals surface area contributed by atoms with Crippen LogP contribution in [0.2, 0.25) is 0 Å². The number of aromatic amines is 1. The third-order valence-electron chi connectivity index (χ3n) is 3.06. The molecule has 1 aromatic carbocycles. The van der Waals surface area contributed by atoms with Gasteiger partial charge in [0.05, 0.1) is 0 Å². The highest BCUT2D eigenvalue weighted by Crippen LogP contribution is 2.27. The molecule has 1 aliphatic heterocycles. The van der Waals surface area contributed by atoms with Crippen LogP contribution in [0.3, 0.4) is 0 Å². The Labute approximate surface area is 89.0 Å². The van der Waals surface area contributed by atoms with E-state index in [1.807, 2.05) is 0 Å². The lowest BCUT2D eigenvalue weighted by atomic mass is 10.1. The van der Waals surface area contributed by atoms with E-state index in [1.54, 1.807) is 0 Å². The minimum atomic E-state index is 0.889. The van der Waals surface area contributed by atoms with Crippen LogP contribution in [0.15, 0.2) is 30.8 Å². The molecule has 2 N–H and O–H groups in total. The molecule has 2 heterocycles. The predicted molar refractivity (Wildman–Crippen MR) is 63.9 cm³/mol. The molecule has 0 saturated carbocycles. The summed E-state index contributed by atoms with van der Waals surface area (Å²) < 4.78 is 0. The summed E-state index contributed by atoms with van der Waals surface area (Å²) in [6, 6.07) is 8.48. The van der Waals surface area contributed by atoms with Crippen molar-refractivity contribution in [3.8, 4) is 0 Å². The normalized spacial score (nSPS) is 16.4. The molecular formula is C13H14N2. The first-order valence-electron chi connectivity index (χ1n) is 5.35. The van der Waals surface area contributed by atoms with Gasteiger partial charge < -0.3 is 10.3 Å². The highest BCUT2D eigenvalue weighted by Gasteiger charge is 2.15. The van der Waals surface area contributed by atoms with Gasteiger partial charge in [0.2, 0.25) is 0 Å². The molecule has 0 radical (unpaired) electrons. The van der Waals surface area contributed by atoms with Crippen LogP contribution in [-0.4, -0.2) is 18.1 Å². The van der Waals surface area contributed by atoms with Crippen molar-refractivity contribution in [3.63, 3.8) is 0 Å². The molecule has 3 rings (SSSR count). The molecule has 0 atom stereocenters. The summed E-state index contributed by atoms with van der Waals surface area (Å²) in [5.41, 5.74) is 5.05. The molecule has 0 amide bonds. The van der Waals surface area contributed by atoms with Crippen molar-refractivity contribution in [2.45, 2.75) is 6.42 Å². The molecule has 2 nitrogen and oxygen atoms in total. The molecule has 0 bridgehead atoms. The van der Waals surface area contributed by atoms with Crippen LogP contribution < -0.4 is 5.32 Å². The third-order valence-corrected chi connectivity index (χ3v) is 3.06. The molecule has 76 valence electrons. The molecule has 1 aliphatic rings. The van der Waals surface area contributed by atoms with E-state index >= 15 is 0 Å². The Balaban J connectivity index is 2.30. The van der Waals surface area contributed by atoms with Crippen LogP contribution in [0.4, 0.5) is 0 Å². The molecule has 2 heteroatoms. The SMILES string of the molecule is C=C1CNCCc2c1[nH]c1ccccc21. The van der Waals surface area contributed by atoms with Gasteiger partial charge in [-0.15, -0.1) is 0 Å². The zero-order valence-electron chi connectivity index (χ0n) is 8.64. The van der Waals surface area contributed by atoms with Gasteiger partial charge in [-0.25, -0.2) is 0 Å². The van der Waals surface area contributed by atoms with Gasteiger partial charge in [-0.05, 0) is 30.2 Å². The van der Waals surface area contributed by atoms with Gasteiger partial charge in [0.25, 0.3) is 0 Å². The molecule has 0 aliphatic carbocycles. The number of fused-ring (bicyclic) bond motifs is 3. The molecule has 0 spiro atoms. The monoisotopic (exact) mass is 198 g/mol. The van der Waals surface area contributed by atoms with Crippen LogP contribution in [0, 0.1) is 0 Å². The van der Waals surface area contributed by atoms with Crippen molar-refractivity contribution in [2.75, 3.05) is 13.1 Å². The fourth-order valence-electron chi connectivity index (χ4n) is 2.30. The Hall–Kier alpha value is -1.54. The molecule has 0 fully saturated rings. The summed E-state index contributed by atoms with van der Waals surface area (Å²) in [5.74, 6) is 0. The average Bonchev–Trinajstić information content (AvgIpc) is 2.54. The standard InChI is InChI=1S/C13H14N2/c1-9-8-14-7-6-11-10-4-2-3-5-12(10)15-13(9)11/h2-5,14-15H,1,6-8H2. The maximum Gasteiger partial charge on any atom is 0.0463 e. The molecular weight excluding hydrogens is 184 g/mol. The van der Waals surface area contributed by atoms with Crippen molar-refractivity contribution in [1.29, 1.82) is 0 Å². The fraction of sp³-hybridized carbons (Fsp3) is 0.231. The highest BCUT2D eigenvalue weighted by molar-refractivity contribution is 5.89. The number of hydrogen-bond donors (Lipinski definition) is 2. The minimum Gasteiger partial charge on any atom is -0.355 e. The first-order valence-corrected chi connectivity index (χ1v) is 5.35. The van der Waals surface area contributed by atoms with Gasteiger partial charge in [0.1, 0.15) is 0 Å². The Morgan fingerprint density at radius 2 is 2.07 bits per heavy atom. The molecule has 0 unspecified atom stereocenters. The van der Waals surface area contributed by atoms with Gasteiger partial charge in [-0.3, -0.25) is 0 Å². The number of aromatic nitrogens is 1. The maximum atomic E-state index is 4.12. The molecule has 0 saturated heterocycles. The van der Waals surface area contributed by atoms with Crippen LogP contribution in [-0.2, 0) is 6.42 Å². The topological polar surface area (TPSA) is 27.8 Å². The summed E-state index contributed by atoms with van der Waals surface area (Å²) in [6.45, 7) is 6.04. The van der Waals surface area contributed by atoms with Crippen molar-refractivity contribution < 1.29 is 0 Å². The fourth-order valence-corrected chi connectivity index (χ4v) is 2.30.